The SMILES string of the molecule is COC(CN(C)S(=O)(=O)NC(=O)c1ccc2c(C3CCCCC3)c3n(c2c1)C[C@@H](N(CCN(C(=O)O)C(C)(C)C)Cc1ccccc1)COc1ccccc1-3)OC. The first kappa shape index (κ1) is 42.1. The molecule has 0 radical (unpaired) electrons. The number of rotatable bonds is 14. The number of aromatic nitrogens is 1. The second-order valence-corrected chi connectivity index (χ2v) is 17.9. The molecule has 2 amide bonds. The summed E-state index contributed by atoms with van der Waals surface area (Å²) in [6.45, 7) is 7.68. The summed E-state index contributed by atoms with van der Waals surface area (Å²) in [6.07, 6.45) is 3.71. The molecule has 0 bridgehead atoms. The fraction of sp³-hybridized carbons (Fsp3) is 0.488. The molecule has 13 nitrogen and oxygen atoms in total. The van der Waals surface area contributed by atoms with E-state index in [1.54, 1.807) is 12.1 Å². The normalized spacial score (nSPS) is 16.5. The Morgan fingerprint density at radius 2 is 1.65 bits per heavy atom. The van der Waals surface area contributed by atoms with E-state index < -0.39 is 34.0 Å². The summed E-state index contributed by atoms with van der Waals surface area (Å²) in [6, 6.07) is 23.5. The number of methoxy groups -OCH3 is 2. The van der Waals surface area contributed by atoms with Crippen LogP contribution in [0.2, 0.25) is 0 Å². The number of carbonyl (C=O) groups is 2. The van der Waals surface area contributed by atoms with E-state index in [1.807, 2.05) is 63.2 Å². The molecule has 2 aliphatic rings. The van der Waals surface area contributed by atoms with Crippen molar-refractivity contribution in [2.24, 2.45) is 0 Å². The Morgan fingerprint density at radius 1 is 0.965 bits per heavy atom. The van der Waals surface area contributed by atoms with Crippen molar-refractivity contribution in [3.63, 3.8) is 0 Å². The molecule has 1 saturated carbocycles. The summed E-state index contributed by atoms with van der Waals surface area (Å²) >= 11 is 0. The molecule has 1 fully saturated rings. The first-order chi connectivity index (χ1) is 27.2. The Hall–Kier alpha value is -4.47. The van der Waals surface area contributed by atoms with Crippen molar-refractivity contribution >= 4 is 33.1 Å². The number of para-hydroxylation sites is 1. The average molecular weight is 804 g/mol. The molecular formula is C43H57N5O8S. The molecule has 14 heteroatoms. The zero-order valence-corrected chi connectivity index (χ0v) is 34.8. The molecule has 1 aliphatic heterocycles. The van der Waals surface area contributed by atoms with Gasteiger partial charge in [-0.2, -0.15) is 12.7 Å². The van der Waals surface area contributed by atoms with E-state index in [-0.39, 0.29) is 30.6 Å². The minimum atomic E-state index is -4.24. The van der Waals surface area contributed by atoms with Gasteiger partial charge in [0.1, 0.15) is 12.4 Å². The molecule has 0 saturated heterocycles. The highest BCUT2D eigenvalue weighted by Crippen LogP contribution is 2.47. The Bertz CT molecular complexity index is 2120. The number of hydrogen-bond acceptors (Lipinski definition) is 8. The molecule has 4 aromatic rings. The maximum absolute atomic E-state index is 13.8. The van der Waals surface area contributed by atoms with Crippen molar-refractivity contribution in [2.75, 3.05) is 47.5 Å². The number of nitrogens with zero attached hydrogens (tertiary/aromatic N) is 4. The van der Waals surface area contributed by atoms with Crippen LogP contribution in [0.25, 0.3) is 22.2 Å². The third-order valence-electron chi connectivity index (χ3n) is 11.3. The lowest BCUT2D eigenvalue weighted by molar-refractivity contribution is -0.106. The van der Waals surface area contributed by atoms with Crippen molar-refractivity contribution < 1.29 is 37.3 Å². The number of likely N-dealkylation sites (N-methyl/N-ethyl adjacent to an activating group) is 1. The van der Waals surface area contributed by atoms with Crippen LogP contribution in [0.1, 0.15) is 80.3 Å². The van der Waals surface area contributed by atoms with Gasteiger partial charge in [-0.25, -0.2) is 9.52 Å². The van der Waals surface area contributed by atoms with Crippen molar-refractivity contribution in [2.45, 2.75) is 89.8 Å². The number of nitrogens with one attached hydrogen (secondary N) is 1. The Kier molecular flexibility index (Phi) is 13.3. The molecule has 3 aromatic carbocycles. The molecule has 2 N–H and O–H groups in total. The van der Waals surface area contributed by atoms with Gasteiger partial charge in [-0.05, 0) is 74.9 Å². The highest BCUT2D eigenvalue weighted by atomic mass is 32.2. The largest absolute Gasteiger partial charge is 0.491 e. The van der Waals surface area contributed by atoms with Gasteiger partial charge in [-0.15, -0.1) is 0 Å². The maximum atomic E-state index is 13.8. The Labute approximate surface area is 336 Å². The van der Waals surface area contributed by atoms with Gasteiger partial charge in [0.25, 0.3) is 5.91 Å². The maximum Gasteiger partial charge on any atom is 0.407 e. The molecule has 1 aliphatic carbocycles. The van der Waals surface area contributed by atoms with Crippen LogP contribution in [0.4, 0.5) is 4.79 Å². The number of ether oxygens (including phenoxy) is 3. The fourth-order valence-electron chi connectivity index (χ4n) is 8.22. The number of fused-ring (bicyclic) bond motifs is 5. The highest BCUT2D eigenvalue weighted by molar-refractivity contribution is 7.87. The molecule has 6 rings (SSSR count). The molecule has 1 atom stereocenters. The van der Waals surface area contributed by atoms with Gasteiger partial charge in [0.05, 0.1) is 18.3 Å². The zero-order valence-electron chi connectivity index (χ0n) is 33.9. The smallest absolute Gasteiger partial charge is 0.407 e. The van der Waals surface area contributed by atoms with Crippen LogP contribution in [0.15, 0.2) is 72.8 Å². The van der Waals surface area contributed by atoms with Crippen LogP contribution >= 0.6 is 0 Å². The number of benzene rings is 3. The third-order valence-corrected chi connectivity index (χ3v) is 12.7. The zero-order chi connectivity index (χ0) is 40.9. The molecule has 308 valence electrons. The first-order valence-electron chi connectivity index (χ1n) is 19.7. The van der Waals surface area contributed by atoms with Crippen LogP contribution < -0.4 is 9.46 Å². The lowest BCUT2D eigenvalue weighted by atomic mass is 9.81. The van der Waals surface area contributed by atoms with Crippen molar-refractivity contribution in [1.82, 2.24) is 23.4 Å². The van der Waals surface area contributed by atoms with Crippen LogP contribution in [0.3, 0.4) is 0 Å². The second-order valence-electron chi connectivity index (χ2n) is 16.1. The summed E-state index contributed by atoms with van der Waals surface area (Å²) in [7, 11) is -0.0513. The number of carbonyl (C=O) groups excluding carboxylic acids is 1. The van der Waals surface area contributed by atoms with Crippen LogP contribution in [-0.4, -0.2) is 110 Å². The van der Waals surface area contributed by atoms with E-state index >= 15 is 0 Å². The predicted molar refractivity (Wildman–Crippen MR) is 221 cm³/mol. The minimum absolute atomic E-state index is 0.117. The lowest BCUT2D eigenvalue weighted by Gasteiger charge is -2.38. The van der Waals surface area contributed by atoms with Gasteiger partial charge in [0, 0.05) is 75.0 Å². The molecule has 1 aromatic heterocycles. The van der Waals surface area contributed by atoms with Crippen molar-refractivity contribution in [1.29, 1.82) is 0 Å². The molecule has 0 spiro atoms. The molecule has 0 unspecified atom stereocenters. The van der Waals surface area contributed by atoms with Gasteiger partial charge in [-0.1, -0.05) is 67.8 Å². The van der Waals surface area contributed by atoms with E-state index in [1.165, 1.54) is 38.2 Å². The average Bonchev–Trinajstić information content (AvgIpc) is 3.49. The van der Waals surface area contributed by atoms with Crippen molar-refractivity contribution in [3.05, 3.63) is 89.5 Å². The van der Waals surface area contributed by atoms with Gasteiger partial charge >= 0.3 is 16.3 Å². The van der Waals surface area contributed by atoms with E-state index in [9.17, 15) is 23.1 Å². The quantitative estimate of drug-likeness (QED) is 0.130. The van der Waals surface area contributed by atoms with Crippen LogP contribution in [0.5, 0.6) is 5.75 Å². The molecular weight excluding hydrogens is 747 g/mol. The second kappa shape index (κ2) is 18.0. The fourth-order valence-corrected chi connectivity index (χ4v) is 9.05. The van der Waals surface area contributed by atoms with E-state index in [2.05, 4.69) is 32.4 Å². The van der Waals surface area contributed by atoms with Gasteiger partial charge < -0.3 is 28.8 Å². The van der Waals surface area contributed by atoms with Crippen LogP contribution in [-0.2, 0) is 32.8 Å². The molecule has 57 heavy (non-hydrogen) atoms. The minimum Gasteiger partial charge on any atom is -0.491 e. The predicted octanol–water partition coefficient (Wildman–Crippen LogP) is 6.92. The van der Waals surface area contributed by atoms with E-state index in [0.717, 1.165) is 63.5 Å². The van der Waals surface area contributed by atoms with Gasteiger partial charge in [-0.3, -0.25) is 9.69 Å². The Morgan fingerprint density at radius 3 is 2.32 bits per heavy atom. The number of hydrogen-bond donors (Lipinski definition) is 2. The third kappa shape index (κ3) is 9.64. The highest BCUT2D eigenvalue weighted by Gasteiger charge is 2.34. The van der Waals surface area contributed by atoms with Crippen LogP contribution in [0, 0.1) is 0 Å². The van der Waals surface area contributed by atoms with Gasteiger partial charge in [0.15, 0.2) is 6.29 Å². The first-order valence-corrected chi connectivity index (χ1v) is 21.2. The topological polar surface area (TPSA) is 143 Å². The number of amides is 2. The van der Waals surface area contributed by atoms with Gasteiger partial charge in [0.2, 0.25) is 0 Å². The van der Waals surface area contributed by atoms with E-state index in [4.69, 9.17) is 14.2 Å². The summed E-state index contributed by atoms with van der Waals surface area (Å²) in [4.78, 5) is 30.1. The van der Waals surface area contributed by atoms with Crippen molar-refractivity contribution in [3.8, 4) is 17.0 Å². The summed E-state index contributed by atoms with van der Waals surface area (Å²) in [5.74, 6) is 0.281. The lowest BCUT2D eigenvalue weighted by Crippen LogP contribution is -2.51. The monoisotopic (exact) mass is 803 g/mol. The Balaban J connectivity index is 1.47. The summed E-state index contributed by atoms with van der Waals surface area (Å²) in [5, 5.41) is 11.2. The number of carboxylic acid groups (broad SMARTS) is 1. The summed E-state index contributed by atoms with van der Waals surface area (Å²) < 4.78 is 49.2. The van der Waals surface area contributed by atoms with E-state index in [0.29, 0.717) is 26.2 Å². The standard InChI is InChI=1S/C43H57N5O8S/c1-43(2,3)48(42(50)51)24-23-46(26-30-15-9-7-10-16-30)33-27-47-36-25-32(41(49)44-57(52,53)45(4)28-38(54-5)55-6)21-22-34(36)39(31-17-11-8-12-18-31)40(47)35-19-13-14-20-37(35)56-29-33/h7,9-10,13-16,19-22,25,31,33,38H,8,11-12,17-18,23-24,26-29H2,1-6H3,(H,44,49)(H,50,51)/t33-/m1/s1. The molecule has 2 heterocycles. The summed E-state index contributed by atoms with van der Waals surface area (Å²) in [5.41, 5.74) is 4.73.